The number of nitrogens with zero attached hydrogens (tertiary/aromatic N) is 3. The third-order valence-corrected chi connectivity index (χ3v) is 8.22. The Hall–Kier alpha value is -3.76. The number of sulfone groups is 1. The maximum Gasteiger partial charge on any atom is 0.406 e. The lowest BCUT2D eigenvalue weighted by atomic mass is 10.1. The van der Waals surface area contributed by atoms with Crippen LogP contribution in [0, 0.1) is 18.8 Å². The first-order chi connectivity index (χ1) is 19.7. The van der Waals surface area contributed by atoms with Crippen molar-refractivity contribution in [1.82, 2.24) is 19.8 Å². The van der Waals surface area contributed by atoms with Crippen LogP contribution in [-0.2, 0) is 16.4 Å². The molecule has 4 rings (SSSR count). The number of fused-ring (bicyclic) bond motifs is 1. The molecule has 0 spiro atoms. The van der Waals surface area contributed by atoms with Crippen molar-refractivity contribution in [2.75, 3.05) is 45.4 Å². The summed E-state index contributed by atoms with van der Waals surface area (Å²) in [5.41, 5.74) is 1.27. The molecule has 1 amide bonds. The van der Waals surface area contributed by atoms with Gasteiger partial charge in [-0.25, -0.2) is 13.4 Å². The molecule has 1 aliphatic rings. The molecule has 0 radical (unpaired) electrons. The van der Waals surface area contributed by atoms with E-state index in [2.05, 4.69) is 32.4 Å². The highest BCUT2D eigenvalue weighted by Crippen LogP contribution is 2.28. The second-order valence-corrected chi connectivity index (χ2v) is 12.5. The van der Waals surface area contributed by atoms with Crippen molar-refractivity contribution in [3.63, 3.8) is 0 Å². The zero-order valence-electron chi connectivity index (χ0n) is 23.9. The van der Waals surface area contributed by atoms with Crippen molar-refractivity contribution in [3.8, 4) is 17.6 Å². The highest BCUT2D eigenvalue weighted by molar-refractivity contribution is 7.90. The maximum atomic E-state index is 13.5. The standard InChI is InChI=1S/C29H34F3N5O4S/c1-19-34-27-23(28(38)35-21-8-6-13-36(2)14-11-21)15-20(16-25(27)37(19)18-29(30,31)32)7-5-12-33-24-17-22(42(4,39)40)9-10-26(24)41-3/h9-10,15-17,21,33H,6,8,11-14,18H2,1-4H3,(H,35,38). The number of nitrogens with one attached hydrogen (secondary N) is 2. The summed E-state index contributed by atoms with van der Waals surface area (Å²) in [6, 6.07) is 7.38. The number of halogens is 3. The van der Waals surface area contributed by atoms with Crippen molar-refractivity contribution in [3.05, 3.63) is 47.3 Å². The fourth-order valence-corrected chi connectivity index (χ4v) is 5.60. The summed E-state index contributed by atoms with van der Waals surface area (Å²) < 4.78 is 70.5. The van der Waals surface area contributed by atoms with Crippen molar-refractivity contribution in [1.29, 1.82) is 0 Å². The number of carbonyl (C=O) groups is 1. The van der Waals surface area contributed by atoms with Gasteiger partial charge in [0.1, 0.15) is 23.6 Å². The number of aromatic nitrogens is 2. The molecule has 2 heterocycles. The predicted molar refractivity (Wildman–Crippen MR) is 155 cm³/mol. The molecule has 0 saturated carbocycles. The van der Waals surface area contributed by atoms with Crippen LogP contribution < -0.4 is 15.4 Å². The normalized spacial score (nSPS) is 16.4. The Bertz CT molecular complexity index is 1640. The van der Waals surface area contributed by atoms with Crippen LogP contribution >= 0.6 is 0 Å². The second kappa shape index (κ2) is 12.6. The minimum atomic E-state index is -4.49. The van der Waals surface area contributed by atoms with Crippen LogP contribution in [0.15, 0.2) is 35.2 Å². The van der Waals surface area contributed by atoms with Crippen molar-refractivity contribution in [2.24, 2.45) is 0 Å². The van der Waals surface area contributed by atoms with Gasteiger partial charge in [-0.05, 0) is 76.7 Å². The van der Waals surface area contributed by atoms with Crippen LogP contribution in [0.3, 0.4) is 0 Å². The fraction of sp³-hybridized carbons (Fsp3) is 0.448. The average Bonchev–Trinajstić information content (AvgIpc) is 3.06. The summed E-state index contributed by atoms with van der Waals surface area (Å²) in [5.74, 6) is 5.97. The van der Waals surface area contributed by atoms with Gasteiger partial charge in [0.2, 0.25) is 0 Å². The van der Waals surface area contributed by atoms with E-state index in [0.29, 0.717) is 17.0 Å². The average molecular weight is 606 g/mol. The van der Waals surface area contributed by atoms with Gasteiger partial charge in [0.25, 0.3) is 5.91 Å². The summed E-state index contributed by atoms with van der Waals surface area (Å²) >= 11 is 0. The number of rotatable bonds is 7. The number of ether oxygens (including phenoxy) is 1. The monoisotopic (exact) mass is 605 g/mol. The fourth-order valence-electron chi connectivity index (χ4n) is 4.95. The molecule has 0 bridgehead atoms. The third-order valence-electron chi connectivity index (χ3n) is 7.11. The van der Waals surface area contributed by atoms with E-state index in [9.17, 15) is 26.4 Å². The SMILES string of the molecule is COc1ccc(S(C)(=O)=O)cc1NCC#Cc1cc(C(=O)NC2CCCN(C)CC2)c2nc(C)n(CC(F)(F)F)c2c1. The van der Waals surface area contributed by atoms with Gasteiger partial charge in [-0.2, -0.15) is 13.2 Å². The molecule has 42 heavy (non-hydrogen) atoms. The van der Waals surface area contributed by atoms with Gasteiger partial charge in [0.15, 0.2) is 9.84 Å². The molecule has 2 aromatic carbocycles. The Labute approximate surface area is 243 Å². The molecule has 9 nitrogen and oxygen atoms in total. The van der Waals surface area contributed by atoms with Gasteiger partial charge in [-0.15, -0.1) is 0 Å². The second-order valence-electron chi connectivity index (χ2n) is 10.4. The third kappa shape index (κ3) is 7.74. The topological polar surface area (TPSA) is 106 Å². The van der Waals surface area contributed by atoms with Crippen LogP contribution in [0.25, 0.3) is 11.0 Å². The van der Waals surface area contributed by atoms with E-state index in [1.54, 1.807) is 6.07 Å². The number of amides is 1. The molecule has 226 valence electrons. The van der Waals surface area contributed by atoms with Crippen LogP contribution in [0.5, 0.6) is 5.75 Å². The number of carbonyl (C=O) groups excluding carboxylic acids is 1. The predicted octanol–water partition coefficient (Wildman–Crippen LogP) is 4.00. The first-order valence-electron chi connectivity index (χ1n) is 13.4. The highest BCUT2D eigenvalue weighted by Gasteiger charge is 2.31. The van der Waals surface area contributed by atoms with E-state index in [1.807, 2.05) is 7.05 Å². The number of benzene rings is 2. The highest BCUT2D eigenvalue weighted by atomic mass is 32.2. The summed E-state index contributed by atoms with van der Waals surface area (Å²) in [5, 5.41) is 6.07. The van der Waals surface area contributed by atoms with E-state index in [4.69, 9.17) is 4.74 Å². The lowest BCUT2D eigenvalue weighted by molar-refractivity contribution is -0.140. The first kappa shape index (κ1) is 31.2. The smallest absolute Gasteiger partial charge is 0.406 e. The first-order valence-corrected chi connectivity index (χ1v) is 15.3. The Balaban J connectivity index is 1.66. The van der Waals surface area contributed by atoms with Gasteiger partial charge in [-0.1, -0.05) is 11.8 Å². The number of methoxy groups -OCH3 is 1. The molecule has 1 fully saturated rings. The number of imidazole rings is 1. The zero-order chi connectivity index (χ0) is 30.7. The lowest BCUT2D eigenvalue weighted by Gasteiger charge is -2.17. The molecule has 1 saturated heterocycles. The summed E-state index contributed by atoms with van der Waals surface area (Å²) in [6.45, 7) is 2.05. The molecule has 1 aliphatic heterocycles. The van der Waals surface area contributed by atoms with E-state index >= 15 is 0 Å². The Morgan fingerprint density at radius 1 is 1.19 bits per heavy atom. The zero-order valence-corrected chi connectivity index (χ0v) is 24.7. The molecular formula is C29H34F3N5O4S. The lowest BCUT2D eigenvalue weighted by Crippen LogP contribution is -2.35. The number of hydrogen-bond acceptors (Lipinski definition) is 7. The molecule has 0 aliphatic carbocycles. The van der Waals surface area contributed by atoms with Gasteiger partial charge in [0, 0.05) is 17.9 Å². The number of hydrogen-bond donors (Lipinski definition) is 2. The quantitative estimate of drug-likeness (QED) is 0.393. The Kier molecular flexibility index (Phi) is 9.37. The van der Waals surface area contributed by atoms with Crippen LogP contribution in [0.2, 0.25) is 0 Å². The van der Waals surface area contributed by atoms with Crippen molar-refractivity contribution in [2.45, 2.75) is 49.8 Å². The summed E-state index contributed by atoms with van der Waals surface area (Å²) in [7, 11) is 0.0304. The van der Waals surface area contributed by atoms with E-state index < -0.39 is 28.5 Å². The van der Waals surface area contributed by atoms with Crippen LogP contribution in [0.4, 0.5) is 18.9 Å². The van der Waals surface area contributed by atoms with Crippen LogP contribution in [0.1, 0.15) is 41.0 Å². The van der Waals surface area contributed by atoms with E-state index in [0.717, 1.165) is 43.2 Å². The Morgan fingerprint density at radius 3 is 2.64 bits per heavy atom. The number of aryl methyl sites for hydroxylation is 1. The number of alkyl halides is 3. The van der Waals surface area contributed by atoms with Gasteiger partial charge >= 0.3 is 6.18 Å². The molecule has 13 heteroatoms. The van der Waals surface area contributed by atoms with Crippen LogP contribution in [-0.4, -0.2) is 81.0 Å². The minimum absolute atomic E-state index is 0.0625. The number of likely N-dealkylation sites (tertiary alicyclic amines) is 1. The molecular weight excluding hydrogens is 571 g/mol. The summed E-state index contributed by atoms with van der Waals surface area (Å²) in [6.07, 6.45) is -0.898. The molecule has 3 aromatic rings. The van der Waals surface area contributed by atoms with Gasteiger partial charge in [0.05, 0.1) is 35.3 Å². The minimum Gasteiger partial charge on any atom is -0.495 e. The van der Waals surface area contributed by atoms with Gasteiger partial charge < -0.3 is 24.8 Å². The molecule has 1 atom stereocenters. The van der Waals surface area contributed by atoms with Crippen molar-refractivity contribution < 1.29 is 31.1 Å². The summed E-state index contributed by atoms with van der Waals surface area (Å²) in [4.78, 5) is 20.1. The van der Waals surface area contributed by atoms with E-state index in [-0.39, 0.29) is 39.9 Å². The molecule has 1 aromatic heterocycles. The maximum absolute atomic E-state index is 13.5. The molecule has 2 N–H and O–H groups in total. The van der Waals surface area contributed by atoms with Crippen molar-refractivity contribution >= 4 is 32.5 Å². The Morgan fingerprint density at radius 2 is 1.95 bits per heavy atom. The van der Waals surface area contributed by atoms with Gasteiger partial charge in [-0.3, -0.25) is 4.79 Å². The van der Waals surface area contributed by atoms with E-state index in [1.165, 1.54) is 38.3 Å². The number of anilines is 1. The largest absolute Gasteiger partial charge is 0.495 e. The molecule has 1 unspecified atom stereocenters.